The van der Waals surface area contributed by atoms with Crippen LogP contribution in [0.5, 0.6) is 0 Å². The summed E-state index contributed by atoms with van der Waals surface area (Å²) in [5.41, 5.74) is 6.84. The normalized spacial score (nSPS) is 21.1. The minimum atomic E-state index is 0.0205. The molecule has 116 valence electrons. The molecule has 21 heavy (non-hydrogen) atoms. The zero-order valence-corrected chi connectivity index (χ0v) is 12.8. The van der Waals surface area contributed by atoms with Crippen LogP contribution in [0.2, 0.25) is 0 Å². The predicted molar refractivity (Wildman–Crippen MR) is 81.9 cm³/mol. The lowest BCUT2D eigenvalue weighted by molar-refractivity contribution is 0.0663. The van der Waals surface area contributed by atoms with E-state index < -0.39 is 0 Å². The quantitative estimate of drug-likeness (QED) is 0.900. The van der Waals surface area contributed by atoms with E-state index in [9.17, 15) is 4.79 Å². The van der Waals surface area contributed by atoms with Crippen LogP contribution < -0.4 is 5.73 Å². The summed E-state index contributed by atoms with van der Waals surface area (Å²) in [5, 5.41) is 4.05. The highest BCUT2D eigenvalue weighted by molar-refractivity contribution is 5.97. The van der Waals surface area contributed by atoms with Crippen LogP contribution in [-0.2, 0) is 7.05 Å². The number of nitrogens with two attached hydrogens (primary N) is 1. The predicted octanol–water partition coefficient (Wildman–Crippen LogP) is 0.950. The van der Waals surface area contributed by atoms with Gasteiger partial charge in [-0.2, -0.15) is 5.10 Å². The largest absolute Gasteiger partial charge is 0.396 e. The number of hydrogen-bond donors (Lipinski definition) is 1. The SMILES string of the molecule is Cn1ncc(N)c1C(=O)N1CCC(CN2CCCC2)CC1. The molecule has 2 fully saturated rings. The molecule has 1 aromatic rings. The third-order valence-corrected chi connectivity index (χ3v) is 4.79. The van der Waals surface area contributed by atoms with E-state index in [1.54, 1.807) is 17.9 Å². The molecule has 0 unspecified atom stereocenters. The second-order valence-electron chi connectivity index (χ2n) is 6.32. The number of amides is 1. The van der Waals surface area contributed by atoms with Gasteiger partial charge in [0, 0.05) is 26.7 Å². The Hall–Kier alpha value is -1.56. The molecule has 3 rings (SSSR count). The summed E-state index contributed by atoms with van der Waals surface area (Å²) >= 11 is 0. The molecule has 2 aliphatic rings. The number of carbonyl (C=O) groups excluding carboxylic acids is 1. The summed E-state index contributed by atoms with van der Waals surface area (Å²) < 4.78 is 1.58. The molecule has 2 N–H and O–H groups in total. The van der Waals surface area contributed by atoms with Crippen molar-refractivity contribution in [1.82, 2.24) is 19.6 Å². The Morgan fingerprint density at radius 2 is 1.95 bits per heavy atom. The Balaban J connectivity index is 1.54. The van der Waals surface area contributed by atoms with Gasteiger partial charge in [-0.1, -0.05) is 0 Å². The van der Waals surface area contributed by atoms with Crippen LogP contribution in [0.1, 0.15) is 36.2 Å². The summed E-state index contributed by atoms with van der Waals surface area (Å²) in [6, 6.07) is 0. The minimum Gasteiger partial charge on any atom is -0.396 e. The molecule has 0 saturated carbocycles. The Bertz CT molecular complexity index is 479. The van der Waals surface area contributed by atoms with Crippen molar-refractivity contribution < 1.29 is 4.79 Å². The van der Waals surface area contributed by atoms with Crippen molar-refractivity contribution in [2.24, 2.45) is 13.0 Å². The summed E-state index contributed by atoms with van der Waals surface area (Å²) in [6.45, 7) is 5.38. The molecule has 0 spiro atoms. The molecule has 2 aliphatic heterocycles. The fourth-order valence-electron chi connectivity index (χ4n) is 3.52. The average molecular weight is 291 g/mol. The van der Waals surface area contributed by atoms with Gasteiger partial charge in [0.15, 0.2) is 0 Å². The number of anilines is 1. The topological polar surface area (TPSA) is 67.4 Å². The van der Waals surface area contributed by atoms with Crippen LogP contribution in [-0.4, -0.2) is 58.2 Å². The Morgan fingerprint density at radius 3 is 2.52 bits per heavy atom. The molecule has 6 nitrogen and oxygen atoms in total. The second kappa shape index (κ2) is 6.05. The van der Waals surface area contributed by atoms with Gasteiger partial charge in [-0.3, -0.25) is 9.48 Å². The standard InChI is InChI=1S/C15H25N5O/c1-18-14(13(16)10-17-18)15(21)20-8-4-12(5-9-20)11-19-6-2-3-7-19/h10,12H,2-9,11,16H2,1H3. The third-order valence-electron chi connectivity index (χ3n) is 4.79. The molecule has 1 amide bonds. The van der Waals surface area contributed by atoms with Gasteiger partial charge in [0.2, 0.25) is 0 Å². The summed E-state index contributed by atoms with van der Waals surface area (Å²) in [7, 11) is 1.77. The highest BCUT2D eigenvalue weighted by Gasteiger charge is 2.28. The van der Waals surface area contributed by atoms with Gasteiger partial charge in [-0.15, -0.1) is 0 Å². The first kappa shape index (κ1) is 14.4. The molecule has 2 saturated heterocycles. The number of nitrogens with zero attached hydrogens (tertiary/aromatic N) is 4. The third kappa shape index (κ3) is 3.05. The Kier molecular flexibility index (Phi) is 4.14. The van der Waals surface area contributed by atoms with Crippen molar-refractivity contribution in [3.05, 3.63) is 11.9 Å². The van der Waals surface area contributed by atoms with Crippen LogP contribution in [0.15, 0.2) is 6.20 Å². The van der Waals surface area contributed by atoms with E-state index in [0.29, 0.717) is 11.4 Å². The number of aryl methyl sites for hydroxylation is 1. The van der Waals surface area contributed by atoms with E-state index in [0.717, 1.165) is 31.8 Å². The van der Waals surface area contributed by atoms with Crippen LogP contribution in [0.3, 0.4) is 0 Å². The minimum absolute atomic E-state index is 0.0205. The first-order valence-corrected chi connectivity index (χ1v) is 7.94. The van der Waals surface area contributed by atoms with Gasteiger partial charge in [0.1, 0.15) is 5.69 Å². The van der Waals surface area contributed by atoms with E-state index in [1.165, 1.54) is 32.5 Å². The maximum Gasteiger partial charge on any atom is 0.274 e. The number of nitrogen functional groups attached to an aromatic ring is 1. The fourth-order valence-corrected chi connectivity index (χ4v) is 3.52. The number of likely N-dealkylation sites (tertiary alicyclic amines) is 2. The number of hydrogen-bond acceptors (Lipinski definition) is 4. The van der Waals surface area contributed by atoms with Gasteiger partial charge in [0.25, 0.3) is 5.91 Å². The highest BCUT2D eigenvalue weighted by atomic mass is 16.2. The maximum absolute atomic E-state index is 12.5. The first-order chi connectivity index (χ1) is 10.1. The second-order valence-corrected chi connectivity index (χ2v) is 6.32. The van der Waals surface area contributed by atoms with Gasteiger partial charge in [-0.05, 0) is 44.7 Å². The number of piperidine rings is 1. The smallest absolute Gasteiger partial charge is 0.274 e. The first-order valence-electron chi connectivity index (χ1n) is 7.94. The summed E-state index contributed by atoms with van der Waals surface area (Å²) in [6.07, 6.45) is 6.43. The molecular weight excluding hydrogens is 266 g/mol. The van der Waals surface area contributed by atoms with E-state index in [2.05, 4.69) is 10.00 Å². The monoisotopic (exact) mass is 291 g/mol. The van der Waals surface area contributed by atoms with E-state index in [-0.39, 0.29) is 5.91 Å². The highest BCUT2D eigenvalue weighted by Crippen LogP contribution is 2.23. The molecule has 0 radical (unpaired) electrons. The number of rotatable bonds is 3. The van der Waals surface area contributed by atoms with Crippen LogP contribution in [0.4, 0.5) is 5.69 Å². The average Bonchev–Trinajstić information content (AvgIpc) is 3.09. The van der Waals surface area contributed by atoms with Crippen molar-refractivity contribution in [1.29, 1.82) is 0 Å². The molecule has 6 heteroatoms. The molecular formula is C15H25N5O. The Morgan fingerprint density at radius 1 is 1.29 bits per heavy atom. The lowest BCUT2D eigenvalue weighted by Crippen LogP contribution is -2.42. The number of aromatic nitrogens is 2. The van der Waals surface area contributed by atoms with Crippen LogP contribution in [0.25, 0.3) is 0 Å². The molecule has 0 atom stereocenters. The lowest BCUT2D eigenvalue weighted by Gasteiger charge is -2.33. The fraction of sp³-hybridized carbons (Fsp3) is 0.733. The number of carbonyl (C=O) groups is 1. The van der Waals surface area contributed by atoms with Crippen LogP contribution >= 0.6 is 0 Å². The van der Waals surface area contributed by atoms with E-state index in [1.807, 2.05) is 4.90 Å². The van der Waals surface area contributed by atoms with Gasteiger partial charge >= 0.3 is 0 Å². The van der Waals surface area contributed by atoms with Crippen molar-refractivity contribution >= 4 is 11.6 Å². The Labute approximate surface area is 125 Å². The van der Waals surface area contributed by atoms with Crippen molar-refractivity contribution in [2.75, 3.05) is 38.5 Å². The summed E-state index contributed by atoms with van der Waals surface area (Å²) in [4.78, 5) is 17.0. The lowest BCUT2D eigenvalue weighted by atomic mass is 9.96. The zero-order valence-electron chi connectivity index (χ0n) is 12.8. The van der Waals surface area contributed by atoms with Crippen LogP contribution in [0, 0.1) is 5.92 Å². The van der Waals surface area contributed by atoms with Gasteiger partial charge < -0.3 is 15.5 Å². The molecule has 0 aromatic carbocycles. The molecule has 3 heterocycles. The van der Waals surface area contributed by atoms with Crippen molar-refractivity contribution in [3.8, 4) is 0 Å². The van der Waals surface area contributed by atoms with E-state index in [4.69, 9.17) is 5.73 Å². The summed E-state index contributed by atoms with van der Waals surface area (Å²) in [5.74, 6) is 0.753. The molecule has 0 bridgehead atoms. The maximum atomic E-state index is 12.5. The van der Waals surface area contributed by atoms with Gasteiger partial charge in [-0.25, -0.2) is 0 Å². The zero-order chi connectivity index (χ0) is 14.8. The molecule has 0 aliphatic carbocycles. The molecule has 1 aromatic heterocycles. The van der Waals surface area contributed by atoms with Gasteiger partial charge in [0.05, 0.1) is 11.9 Å². The van der Waals surface area contributed by atoms with Crippen molar-refractivity contribution in [2.45, 2.75) is 25.7 Å². The van der Waals surface area contributed by atoms with E-state index >= 15 is 0 Å². The van der Waals surface area contributed by atoms with Crippen molar-refractivity contribution in [3.63, 3.8) is 0 Å².